The van der Waals surface area contributed by atoms with Crippen LogP contribution in [0, 0.1) is 0 Å². The van der Waals surface area contributed by atoms with E-state index in [-0.39, 0.29) is 5.03 Å². The number of allylic oxidation sites excluding steroid dienone is 2. The Hall–Kier alpha value is -1.98. The Labute approximate surface area is 124 Å². The van der Waals surface area contributed by atoms with Crippen molar-refractivity contribution in [3.8, 4) is 0 Å². The molecule has 1 aliphatic rings. The molecule has 0 unspecified atom stereocenters. The molecule has 21 heavy (non-hydrogen) atoms. The number of primary sulfonamides is 1. The molecule has 0 amide bonds. The van der Waals surface area contributed by atoms with E-state index in [2.05, 4.69) is 17.1 Å². The number of aromatic nitrogens is 1. The molecule has 3 rings (SSSR count). The highest BCUT2D eigenvalue weighted by Crippen LogP contribution is 2.39. The lowest BCUT2D eigenvalue weighted by Crippen LogP contribution is -2.13. The molecule has 0 fully saturated rings. The monoisotopic (exact) mass is 300 g/mol. The van der Waals surface area contributed by atoms with Crippen molar-refractivity contribution in [2.45, 2.75) is 24.3 Å². The van der Waals surface area contributed by atoms with Gasteiger partial charge in [0, 0.05) is 6.20 Å². The predicted molar refractivity (Wildman–Crippen MR) is 82.7 cm³/mol. The molecule has 0 saturated carbocycles. The van der Waals surface area contributed by atoms with Gasteiger partial charge in [-0.05, 0) is 47.6 Å². The normalized spacial score (nSPS) is 15.5. The van der Waals surface area contributed by atoms with Gasteiger partial charge in [0.25, 0.3) is 10.0 Å². The fourth-order valence-electron chi connectivity index (χ4n) is 2.75. The zero-order chi connectivity index (χ0) is 14.9. The first-order chi connectivity index (χ1) is 10.1. The van der Waals surface area contributed by atoms with E-state index in [0.717, 1.165) is 24.8 Å². The fraction of sp³-hybridized carbons (Fsp3) is 0.188. The predicted octanol–water partition coefficient (Wildman–Crippen LogP) is 2.82. The number of benzene rings is 1. The lowest BCUT2D eigenvalue weighted by molar-refractivity contribution is 0.594. The van der Waals surface area contributed by atoms with Gasteiger partial charge in [0.1, 0.15) is 0 Å². The molecule has 1 heterocycles. The number of pyridine rings is 1. The summed E-state index contributed by atoms with van der Waals surface area (Å²) in [7, 11) is -3.74. The molecule has 0 atom stereocenters. The second kappa shape index (κ2) is 5.42. The molecule has 2 N–H and O–H groups in total. The van der Waals surface area contributed by atoms with E-state index >= 15 is 0 Å². The van der Waals surface area contributed by atoms with Gasteiger partial charge in [-0.15, -0.1) is 0 Å². The summed E-state index contributed by atoms with van der Waals surface area (Å²) in [4.78, 5) is 3.98. The molecule has 0 radical (unpaired) electrons. The minimum Gasteiger partial charge on any atom is -0.243 e. The van der Waals surface area contributed by atoms with Crippen LogP contribution in [0.3, 0.4) is 0 Å². The summed E-state index contributed by atoms with van der Waals surface area (Å²) >= 11 is 0. The van der Waals surface area contributed by atoms with Crippen molar-refractivity contribution in [1.29, 1.82) is 0 Å². The first-order valence-corrected chi connectivity index (χ1v) is 8.37. The quantitative estimate of drug-likeness (QED) is 0.947. The summed E-state index contributed by atoms with van der Waals surface area (Å²) in [6, 6.07) is 13.5. The van der Waals surface area contributed by atoms with Gasteiger partial charge in [0.2, 0.25) is 0 Å². The van der Waals surface area contributed by atoms with Crippen LogP contribution in [0.1, 0.15) is 30.4 Å². The Balaban J connectivity index is 2.03. The van der Waals surface area contributed by atoms with Crippen molar-refractivity contribution in [2.24, 2.45) is 5.14 Å². The highest BCUT2D eigenvalue weighted by Gasteiger charge is 2.18. The Morgan fingerprint density at radius 2 is 1.57 bits per heavy atom. The molecule has 1 aromatic carbocycles. The number of nitrogens with two attached hydrogens (primary N) is 1. The maximum Gasteiger partial charge on any atom is 0.255 e. The third-order valence-electron chi connectivity index (χ3n) is 3.72. The van der Waals surface area contributed by atoms with Gasteiger partial charge in [-0.3, -0.25) is 0 Å². The molecule has 108 valence electrons. The van der Waals surface area contributed by atoms with E-state index in [4.69, 9.17) is 5.14 Å². The van der Waals surface area contributed by atoms with Gasteiger partial charge in [-0.25, -0.2) is 18.5 Å². The lowest BCUT2D eigenvalue weighted by Gasteiger charge is -2.08. The van der Waals surface area contributed by atoms with E-state index in [1.54, 1.807) is 12.3 Å². The summed E-state index contributed by atoms with van der Waals surface area (Å²) in [5.74, 6) is 0. The van der Waals surface area contributed by atoms with Crippen LogP contribution >= 0.6 is 0 Å². The van der Waals surface area contributed by atoms with Gasteiger partial charge < -0.3 is 0 Å². The van der Waals surface area contributed by atoms with Gasteiger partial charge in [-0.1, -0.05) is 36.4 Å². The van der Waals surface area contributed by atoms with Gasteiger partial charge in [0.15, 0.2) is 5.03 Å². The first-order valence-electron chi connectivity index (χ1n) is 6.82. The average Bonchev–Trinajstić information content (AvgIpc) is 2.97. The van der Waals surface area contributed by atoms with Crippen LogP contribution in [-0.4, -0.2) is 13.4 Å². The topological polar surface area (TPSA) is 73.1 Å². The average molecular weight is 300 g/mol. The SMILES string of the molecule is NS(=O)(=O)c1ccc(C2=C(c3ccccc3)CCC2)cn1. The molecule has 0 bridgehead atoms. The number of hydrogen-bond acceptors (Lipinski definition) is 3. The Bertz CT molecular complexity index is 779. The number of sulfonamides is 1. The molecule has 5 heteroatoms. The first kappa shape index (κ1) is 14.0. The summed E-state index contributed by atoms with van der Waals surface area (Å²) in [6.07, 6.45) is 4.73. The Morgan fingerprint density at radius 1 is 0.905 bits per heavy atom. The minimum absolute atomic E-state index is 0.0916. The molecular formula is C16H16N2O2S. The van der Waals surface area contributed by atoms with Crippen molar-refractivity contribution in [3.05, 3.63) is 59.8 Å². The van der Waals surface area contributed by atoms with Gasteiger partial charge in [-0.2, -0.15) is 0 Å². The van der Waals surface area contributed by atoms with Crippen LogP contribution in [0.2, 0.25) is 0 Å². The molecular weight excluding hydrogens is 284 g/mol. The number of nitrogens with zero attached hydrogens (tertiary/aromatic N) is 1. The summed E-state index contributed by atoms with van der Waals surface area (Å²) in [5, 5.41) is 4.98. The Kier molecular flexibility index (Phi) is 3.61. The minimum atomic E-state index is -3.74. The molecule has 0 spiro atoms. The lowest BCUT2D eigenvalue weighted by atomic mass is 9.98. The summed E-state index contributed by atoms with van der Waals surface area (Å²) in [5.41, 5.74) is 4.76. The van der Waals surface area contributed by atoms with Crippen molar-refractivity contribution in [2.75, 3.05) is 0 Å². The number of rotatable bonds is 3. The van der Waals surface area contributed by atoms with Crippen molar-refractivity contribution >= 4 is 21.2 Å². The van der Waals surface area contributed by atoms with Crippen LogP contribution in [0.4, 0.5) is 0 Å². The highest BCUT2D eigenvalue weighted by molar-refractivity contribution is 7.89. The van der Waals surface area contributed by atoms with Crippen LogP contribution in [0.5, 0.6) is 0 Å². The van der Waals surface area contributed by atoms with E-state index in [1.807, 2.05) is 18.2 Å². The largest absolute Gasteiger partial charge is 0.255 e. The molecule has 0 saturated heterocycles. The van der Waals surface area contributed by atoms with Crippen LogP contribution < -0.4 is 5.14 Å². The molecule has 1 aliphatic carbocycles. The zero-order valence-corrected chi connectivity index (χ0v) is 12.3. The fourth-order valence-corrected chi connectivity index (χ4v) is 3.20. The third kappa shape index (κ3) is 2.89. The third-order valence-corrected chi connectivity index (χ3v) is 4.54. The number of hydrogen-bond donors (Lipinski definition) is 1. The summed E-state index contributed by atoms with van der Waals surface area (Å²) in [6.45, 7) is 0. The molecule has 4 nitrogen and oxygen atoms in total. The van der Waals surface area contributed by atoms with E-state index in [1.165, 1.54) is 22.8 Å². The highest BCUT2D eigenvalue weighted by atomic mass is 32.2. The van der Waals surface area contributed by atoms with Crippen LogP contribution in [-0.2, 0) is 10.0 Å². The standard InChI is InChI=1S/C16H16N2O2S/c17-21(19,20)16-10-9-13(11-18-16)15-8-4-7-14(15)12-5-2-1-3-6-12/h1-3,5-6,9-11H,4,7-8H2,(H2,17,19,20). The van der Waals surface area contributed by atoms with Gasteiger partial charge in [0.05, 0.1) is 0 Å². The smallest absolute Gasteiger partial charge is 0.243 e. The summed E-state index contributed by atoms with van der Waals surface area (Å²) < 4.78 is 22.5. The van der Waals surface area contributed by atoms with Gasteiger partial charge >= 0.3 is 0 Å². The van der Waals surface area contributed by atoms with Crippen LogP contribution in [0.25, 0.3) is 11.1 Å². The van der Waals surface area contributed by atoms with Crippen molar-refractivity contribution in [3.63, 3.8) is 0 Å². The maximum atomic E-state index is 11.3. The second-order valence-corrected chi connectivity index (χ2v) is 6.62. The van der Waals surface area contributed by atoms with E-state index < -0.39 is 10.0 Å². The van der Waals surface area contributed by atoms with E-state index in [9.17, 15) is 8.42 Å². The molecule has 1 aromatic heterocycles. The maximum absolute atomic E-state index is 11.3. The van der Waals surface area contributed by atoms with Crippen molar-refractivity contribution < 1.29 is 8.42 Å². The zero-order valence-electron chi connectivity index (χ0n) is 11.5. The van der Waals surface area contributed by atoms with Crippen LogP contribution in [0.15, 0.2) is 53.7 Å². The van der Waals surface area contributed by atoms with E-state index in [0.29, 0.717) is 0 Å². The molecule has 2 aromatic rings. The van der Waals surface area contributed by atoms with Crippen molar-refractivity contribution in [1.82, 2.24) is 4.98 Å². The molecule has 0 aliphatic heterocycles. The second-order valence-electron chi connectivity index (χ2n) is 5.11. The Morgan fingerprint density at radius 3 is 2.14 bits per heavy atom.